The lowest BCUT2D eigenvalue weighted by Gasteiger charge is -2.18. The summed E-state index contributed by atoms with van der Waals surface area (Å²) in [7, 11) is 1.58. The summed E-state index contributed by atoms with van der Waals surface area (Å²) in [4.78, 5) is 27.4. The third-order valence-corrected chi connectivity index (χ3v) is 4.92. The molecule has 0 radical (unpaired) electrons. The van der Waals surface area contributed by atoms with E-state index in [1.807, 2.05) is 24.3 Å². The SMILES string of the molecule is CCOC(=O)C1=C(C)N(c2ccc(OC)cc2)C(=O)/C1=C\c1ccc(Br)cc1. The fraction of sp³-hybridized carbons (Fsp3) is 0.182. The molecule has 1 aliphatic heterocycles. The number of esters is 1. The highest BCUT2D eigenvalue weighted by Gasteiger charge is 2.38. The lowest BCUT2D eigenvalue weighted by atomic mass is 10.0. The summed E-state index contributed by atoms with van der Waals surface area (Å²) >= 11 is 3.40. The van der Waals surface area contributed by atoms with Crippen LogP contribution in [0, 0.1) is 0 Å². The van der Waals surface area contributed by atoms with E-state index in [4.69, 9.17) is 9.47 Å². The topological polar surface area (TPSA) is 55.8 Å². The van der Waals surface area contributed by atoms with Crippen LogP contribution in [0.1, 0.15) is 19.4 Å². The first-order valence-corrected chi connectivity index (χ1v) is 9.59. The van der Waals surface area contributed by atoms with Crippen LogP contribution in [0.2, 0.25) is 0 Å². The average Bonchev–Trinajstić information content (AvgIpc) is 2.93. The van der Waals surface area contributed by atoms with E-state index in [9.17, 15) is 9.59 Å². The van der Waals surface area contributed by atoms with E-state index < -0.39 is 5.97 Å². The van der Waals surface area contributed by atoms with Gasteiger partial charge in [0.2, 0.25) is 0 Å². The van der Waals surface area contributed by atoms with Crippen molar-refractivity contribution in [1.29, 1.82) is 0 Å². The second-order valence-corrected chi connectivity index (χ2v) is 7.04. The maximum atomic E-state index is 13.2. The molecule has 2 aromatic rings. The van der Waals surface area contributed by atoms with Gasteiger partial charge in [-0.3, -0.25) is 9.69 Å². The number of rotatable bonds is 5. The van der Waals surface area contributed by atoms with Gasteiger partial charge in [-0.2, -0.15) is 0 Å². The number of methoxy groups -OCH3 is 1. The molecule has 0 unspecified atom stereocenters. The number of hydrogen-bond donors (Lipinski definition) is 0. The van der Waals surface area contributed by atoms with Crippen LogP contribution in [-0.4, -0.2) is 25.6 Å². The summed E-state index contributed by atoms with van der Waals surface area (Å²) in [6.45, 7) is 3.72. The van der Waals surface area contributed by atoms with Gasteiger partial charge in [0.05, 0.1) is 24.9 Å². The number of allylic oxidation sites excluding steroid dienone is 1. The molecule has 1 aliphatic rings. The van der Waals surface area contributed by atoms with Crippen molar-refractivity contribution in [3.05, 3.63) is 75.4 Å². The van der Waals surface area contributed by atoms with Crippen molar-refractivity contribution in [2.75, 3.05) is 18.6 Å². The predicted molar refractivity (Wildman–Crippen MR) is 112 cm³/mol. The van der Waals surface area contributed by atoms with Gasteiger partial charge in [0.15, 0.2) is 0 Å². The Bertz CT molecular complexity index is 959. The van der Waals surface area contributed by atoms with Gasteiger partial charge in [-0.25, -0.2) is 4.79 Å². The summed E-state index contributed by atoms with van der Waals surface area (Å²) in [5.74, 6) is -0.0883. The van der Waals surface area contributed by atoms with E-state index in [-0.39, 0.29) is 18.1 Å². The van der Waals surface area contributed by atoms with E-state index in [0.717, 1.165) is 10.0 Å². The molecule has 0 fully saturated rings. The monoisotopic (exact) mass is 441 g/mol. The van der Waals surface area contributed by atoms with Crippen LogP contribution in [0.15, 0.2) is 69.8 Å². The fourth-order valence-electron chi connectivity index (χ4n) is 3.05. The van der Waals surface area contributed by atoms with Crippen LogP contribution in [0.25, 0.3) is 6.08 Å². The van der Waals surface area contributed by atoms with E-state index in [0.29, 0.717) is 22.7 Å². The maximum Gasteiger partial charge on any atom is 0.340 e. The lowest BCUT2D eigenvalue weighted by molar-refractivity contribution is -0.138. The number of amides is 1. The summed E-state index contributed by atoms with van der Waals surface area (Å²) in [5.41, 5.74) is 2.61. The molecule has 0 atom stereocenters. The van der Waals surface area contributed by atoms with Crippen molar-refractivity contribution in [1.82, 2.24) is 0 Å². The number of hydrogen-bond acceptors (Lipinski definition) is 4. The van der Waals surface area contributed by atoms with Crippen molar-refractivity contribution in [3.63, 3.8) is 0 Å². The van der Waals surface area contributed by atoms with Gasteiger partial charge in [0, 0.05) is 15.9 Å². The summed E-state index contributed by atoms with van der Waals surface area (Å²) in [6.07, 6.45) is 1.72. The first kappa shape index (κ1) is 19.9. The highest BCUT2D eigenvalue weighted by molar-refractivity contribution is 9.10. The predicted octanol–water partition coefficient (Wildman–Crippen LogP) is 4.73. The molecule has 2 aromatic carbocycles. The van der Waals surface area contributed by atoms with Crippen molar-refractivity contribution >= 4 is 39.6 Å². The van der Waals surface area contributed by atoms with Crippen LogP contribution >= 0.6 is 15.9 Å². The Morgan fingerprint density at radius 1 is 1.11 bits per heavy atom. The molecule has 1 amide bonds. The minimum Gasteiger partial charge on any atom is -0.497 e. The molecule has 6 heteroatoms. The second kappa shape index (κ2) is 8.44. The first-order valence-electron chi connectivity index (χ1n) is 8.80. The lowest BCUT2D eigenvalue weighted by Crippen LogP contribution is -2.24. The van der Waals surface area contributed by atoms with Gasteiger partial charge >= 0.3 is 5.97 Å². The minimum absolute atomic E-state index is 0.234. The molecule has 0 saturated heterocycles. The van der Waals surface area contributed by atoms with E-state index in [1.165, 1.54) is 4.90 Å². The van der Waals surface area contributed by atoms with E-state index >= 15 is 0 Å². The van der Waals surface area contributed by atoms with Gasteiger partial charge in [-0.1, -0.05) is 28.1 Å². The van der Waals surface area contributed by atoms with E-state index in [1.54, 1.807) is 51.3 Å². The van der Waals surface area contributed by atoms with Crippen molar-refractivity contribution in [2.45, 2.75) is 13.8 Å². The Kier molecular flexibility index (Phi) is 5.99. The van der Waals surface area contributed by atoms with Crippen molar-refractivity contribution in [2.24, 2.45) is 0 Å². The Morgan fingerprint density at radius 3 is 2.32 bits per heavy atom. The zero-order chi connectivity index (χ0) is 20.3. The average molecular weight is 442 g/mol. The Balaban J connectivity index is 2.09. The normalized spacial score (nSPS) is 15.4. The number of anilines is 1. The van der Waals surface area contributed by atoms with Gasteiger partial charge < -0.3 is 9.47 Å². The van der Waals surface area contributed by atoms with Crippen molar-refractivity contribution < 1.29 is 19.1 Å². The third-order valence-electron chi connectivity index (χ3n) is 4.39. The molecular formula is C22H20BrNO4. The van der Waals surface area contributed by atoms with Crippen LogP contribution in [0.4, 0.5) is 5.69 Å². The zero-order valence-electron chi connectivity index (χ0n) is 15.9. The molecule has 0 aromatic heterocycles. The summed E-state index contributed by atoms with van der Waals surface area (Å²) < 4.78 is 11.3. The number of nitrogens with zero attached hydrogens (tertiary/aromatic N) is 1. The standard InChI is InChI=1S/C22H20BrNO4/c1-4-28-22(26)20-14(2)24(17-9-11-18(27-3)12-10-17)21(25)19(20)13-15-5-7-16(23)8-6-15/h5-13H,4H2,1-3H3/b19-13-. The highest BCUT2D eigenvalue weighted by atomic mass is 79.9. The molecule has 5 nitrogen and oxygen atoms in total. The zero-order valence-corrected chi connectivity index (χ0v) is 17.4. The quantitative estimate of drug-likeness (QED) is 0.497. The van der Waals surface area contributed by atoms with Gasteiger partial charge in [-0.15, -0.1) is 0 Å². The Morgan fingerprint density at radius 2 is 1.75 bits per heavy atom. The fourth-order valence-corrected chi connectivity index (χ4v) is 3.31. The van der Waals surface area contributed by atoms with Gasteiger partial charge in [0.1, 0.15) is 5.75 Å². The number of carbonyl (C=O) groups excluding carboxylic acids is 2. The van der Waals surface area contributed by atoms with Crippen molar-refractivity contribution in [3.8, 4) is 5.75 Å². The van der Waals surface area contributed by atoms with Gasteiger partial charge in [-0.05, 0) is 61.9 Å². The maximum absolute atomic E-state index is 13.2. The van der Waals surface area contributed by atoms with Crippen LogP contribution < -0.4 is 9.64 Å². The smallest absolute Gasteiger partial charge is 0.340 e. The molecule has 144 valence electrons. The Hall–Kier alpha value is -2.86. The largest absolute Gasteiger partial charge is 0.497 e. The molecule has 0 bridgehead atoms. The minimum atomic E-state index is -0.507. The number of ether oxygens (including phenoxy) is 2. The second-order valence-electron chi connectivity index (χ2n) is 6.13. The van der Waals surface area contributed by atoms with E-state index in [2.05, 4.69) is 15.9 Å². The molecule has 0 N–H and O–H groups in total. The molecule has 3 rings (SSSR count). The van der Waals surface area contributed by atoms with Crippen LogP contribution in [-0.2, 0) is 14.3 Å². The number of benzene rings is 2. The van der Waals surface area contributed by atoms with Crippen LogP contribution in [0.3, 0.4) is 0 Å². The molecule has 0 spiro atoms. The Labute approximate surface area is 172 Å². The molecule has 0 saturated carbocycles. The molecular weight excluding hydrogens is 422 g/mol. The molecule has 1 heterocycles. The first-order chi connectivity index (χ1) is 13.5. The molecule has 28 heavy (non-hydrogen) atoms. The number of halogens is 1. The number of carbonyl (C=O) groups is 2. The summed E-state index contributed by atoms with van der Waals surface area (Å²) in [5, 5.41) is 0. The summed E-state index contributed by atoms with van der Waals surface area (Å²) in [6, 6.07) is 14.6. The van der Waals surface area contributed by atoms with Crippen LogP contribution in [0.5, 0.6) is 5.75 Å². The van der Waals surface area contributed by atoms with Gasteiger partial charge in [0.25, 0.3) is 5.91 Å². The third kappa shape index (κ3) is 3.87. The highest BCUT2D eigenvalue weighted by Crippen LogP contribution is 2.36. The molecule has 0 aliphatic carbocycles.